The molecule has 0 saturated carbocycles. The summed E-state index contributed by atoms with van der Waals surface area (Å²) < 4.78 is 2.05. The largest absolute Gasteiger partial charge is 0.356 e. The number of rotatable bonds is 8. The number of hydrogen-bond acceptors (Lipinski definition) is 3. The molecule has 0 aliphatic heterocycles. The summed E-state index contributed by atoms with van der Waals surface area (Å²) in [5, 5.41) is 6.25. The second kappa shape index (κ2) is 7.94. The van der Waals surface area contributed by atoms with Gasteiger partial charge in [-0.3, -0.25) is 4.79 Å². The minimum absolute atomic E-state index is 0.0745. The number of amides is 1. The summed E-state index contributed by atoms with van der Waals surface area (Å²) in [5.74, 6) is 0.124. The molecule has 5 nitrogen and oxygen atoms in total. The Morgan fingerprint density at radius 3 is 2.68 bits per heavy atom. The zero-order chi connectivity index (χ0) is 14.1. The molecule has 1 rings (SSSR count). The number of hydrogen-bond donors (Lipinski definition) is 2. The van der Waals surface area contributed by atoms with Crippen LogP contribution in [0, 0.1) is 0 Å². The van der Waals surface area contributed by atoms with Crippen LogP contribution in [0.2, 0.25) is 0 Å². The van der Waals surface area contributed by atoms with E-state index in [1.807, 2.05) is 12.5 Å². The van der Waals surface area contributed by atoms with Gasteiger partial charge in [0.15, 0.2) is 0 Å². The van der Waals surface area contributed by atoms with E-state index >= 15 is 0 Å². The van der Waals surface area contributed by atoms with Gasteiger partial charge in [-0.2, -0.15) is 0 Å². The average molecular weight is 266 g/mol. The fourth-order valence-corrected chi connectivity index (χ4v) is 1.71. The van der Waals surface area contributed by atoms with E-state index in [9.17, 15) is 4.79 Å². The maximum absolute atomic E-state index is 11.6. The van der Waals surface area contributed by atoms with Gasteiger partial charge >= 0.3 is 0 Å². The Kier molecular flexibility index (Phi) is 6.56. The SMILES string of the molecule is CC(C)(C)NCCC(=O)NCCCCn1ccnc1. The molecule has 5 heteroatoms. The van der Waals surface area contributed by atoms with E-state index in [4.69, 9.17) is 0 Å². The highest BCUT2D eigenvalue weighted by atomic mass is 16.1. The Balaban J connectivity index is 1.95. The predicted octanol–water partition coefficient (Wildman–Crippen LogP) is 1.56. The first-order chi connectivity index (χ1) is 8.97. The van der Waals surface area contributed by atoms with E-state index in [1.165, 1.54) is 0 Å². The zero-order valence-corrected chi connectivity index (χ0v) is 12.3. The maximum atomic E-state index is 11.6. The summed E-state index contributed by atoms with van der Waals surface area (Å²) in [6.45, 7) is 8.73. The standard InChI is InChI=1S/C14H26N4O/c1-14(2,3)17-8-6-13(19)16-7-4-5-10-18-11-9-15-12-18/h9,11-12,17H,4-8,10H2,1-3H3,(H,16,19). The van der Waals surface area contributed by atoms with E-state index < -0.39 is 0 Å². The van der Waals surface area contributed by atoms with Gasteiger partial charge in [0, 0.05) is 44.0 Å². The predicted molar refractivity (Wildman–Crippen MR) is 76.8 cm³/mol. The Bertz CT molecular complexity index is 354. The maximum Gasteiger partial charge on any atom is 0.221 e. The van der Waals surface area contributed by atoms with E-state index in [1.54, 1.807) is 6.20 Å². The number of nitrogens with zero attached hydrogens (tertiary/aromatic N) is 2. The zero-order valence-electron chi connectivity index (χ0n) is 12.3. The quantitative estimate of drug-likeness (QED) is 0.702. The number of aromatic nitrogens is 2. The van der Waals surface area contributed by atoms with Crippen LogP contribution in [-0.4, -0.2) is 34.1 Å². The highest BCUT2D eigenvalue weighted by Crippen LogP contribution is 1.98. The first kappa shape index (κ1) is 15.7. The number of carbonyl (C=O) groups is 1. The van der Waals surface area contributed by atoms with Crippen LogP contribution in [0.1, 0.15) is 40.0 Å². The van der Waals surface area contributed by atoms with Crippen LogP contribution in [0.15, 0.2) is 18.7 Å². The fraction of sp³-hybridized carbons (Fsp3) is 0.714. The van der Waals surface area contributed by atoms with Crippen molar-refractivity contribution in [2.45, 2.75) is 52.1 Å². The van der Waals surface area contributed by atoms with Gasteiger partial charge < -0.3 is 15.2 Å². The molecule has 1 aromatic rings. The molecule has 0 unspecified atom stereocenters. The van der Waals surface area contributed by atoms with Crippen LogP contribution in [0.4, 0.5) is 0 Å². The summed E-state index contributed by atoms with van der Waals surface area (Å²) in [6, 6.07) is 0. The third-order valence-electron chi connectivity index (χ3n) is 2.73. The molecular weight excluding hydrogens is 240 g/mol. The van der Waals surface area contributed by atoms with Crippen molar-refractivity contribution < 1.29 is 4.79 Å². The minimum atomic E-state index is 0.0745. The molecular formula is C14H26N4O. The van der Waals surface area contributed by atoms with Crippen molar-refractivity contribution in [3.63, 3.8) is 0 Å². The summed E-state index contributed by atoms with van der Waals surface area (Å²) in [5.41, 5.74) is 0.0745. The molecule has 108 valence electrons. The second-order valence-corrected chi connectivity index (χ2v) is 5.78. The van der Waals surface area contributed by atoms with Gasteiger partial charge in [0.25, 0.3) is 0 Å². The smallest absolute Gasteiger partial charge is 0.221 e. The van der Waals surface area contributed by atoms with E-state index in [-0.39, 0.29) is 11.4 Å². The van der Waals surface area contributed by atoms with Gasteiger partial charge in [0.1, 0.15) is 0 Å². The molecule has 0 aliphatic carbocycles. The molecule has 1 amide bonds. The molecule has 1 heterocycles. The van der Waals surface area contributed by atoms with Gasteiger partial charge in [0.2, 0.25) is 5.91 Å². The molecule has 0 atom stereocenters. The van der Waals surface area contributed by atoms with Gasteiger partial charge in [-0.1, -0.05) is 0 Å². The van der Waals surface area contributed by atoms with Crippen LogP contribution in [-0.2, 0) is 11.3 Å². The van der Waals surface area contributed by atoms with E-state index in [0.717, 1.165) is 32.5 Å². The summed E-state index contributed by atoms with van der Waals surface area (Å²) in [4.78, 5) is 15.5. The van der Waals surface area contributed by atoms with Crippen molar-refractivity contribution in [3.05, 3.63) is 18.7 Å². The highest BCUT2D eigenvalue weighted by Gasteiger charge is 2.09. The van der Waals surface area contributed by atoms with Gasteiger partial charge in [-0.15, -0.1) is 0 Å². The van der Waals surface area contributed by atoms with Crippen LogP contribution in [0.25, 0.3) is 0 Å². The Morgan fingerprint density at radius 1 is 1.26 bits per heavy atom. The average Bonchev–Trinajstić information content (AvgIpc) is 2.79. The van der Waals surface area contributed by atoms with E-state index in [0.29, 0.717) is 6.42 Å². The lowest BCUT2D eigenvalue weighted by Gasteiger charge is -2.20. The van der Waals surface area contributed by atoms with Gasteiger partial charge in [-0.25, -0.2) is 4.98 Å². The summed E-state index contributed by atoms with van der Waals surface area (Å²) >= 11 is 0. The van der Waals surface area contributed by atoms with Crippen LogP contribution < -0.4 is 10.6 Å². The normalized spacial score (nSPS) is 11.5. The van der Waals surface area contributed by atoms with Crippen molar-refractivity contribution in [2.24, 2.45) is 0 Å². The molecule has 0 fully saturated rings. The lowest BCUT2D eigenvalue weighted by Crippen LogP contribution is -2.38. The minimum Gasteiger partial charge on any atom is -0.356 e. The Morgan fingerprint density at radius 2 is 2.05 bits per heavy atom. The number of imidazole rings is 1. The number of carbonyl (C=O) groups excluding carboxylic acids is 1. The molecule has 0 saturated heterocycles. The first-order valence-corrected chi connectivity index (χ1v) is 6.95. The van der Waals surface area contributed by atoms with Crippen molar-refractivity contribution >= 4 is 5.91 Å². The third kappa shape index (κ3) is 8.37. The lowest BCUT2D eigenvalue weighted by molar-refractivity contribution is -0.121. The monoisotopic (exact) mass is 266 g/mol. The molecule has 1 aromatic heterocycles. The number of aryl methyl sites for hydroxylation is 1. The Hall–Kier alpha value is -1.36. The Labute approximate surface area is 115 Å². The number of nitrogens with one attached hydrogen (secondary N) is 2. The van der Waals surface area contributed by atoms with Crippen molar-refractivity contribution in [1.29, 1.82) is 0 Å². The first-order valence-electron chi connectivity index (χ1n) is 6.95. The highest BCUT2D eigenvalue weighted by molar-refractivity contribution is 5.75. The second-order valence-electron chi connectivity index (χ2n) is 5.78. The van der Waals surface area contributed by atoms with Crippen molar-refractivity contribution in [3.8, 4) is 0 Å². The lowest BCUT2D eigenvalue weighted by atomic mass is 10.1. The van der Waals surface area contributed by atoms with Gasteiger partial charge in [0.05, 0.1) is 6.33 Å². The van der Waals surface area contributed by atoms with Crippen molar-refractivity contribution in [2.75, 3.05) is 13.1 Å². The van der Waals surface area contributed by atoms with Crippen LogP contribution >= 0.6 is 0 Å². The fourth-order valence-electron chi connectivity index (χ4n) is 1.71. The van der Waals surface area contributed by atoms with Crippen LogP contribution in [0.3, 0.4) is 0 Å². The van der Waals surface area contributed by atoms with Crippen molar-refractivity contribution in [1.82, 2.24) is 20.2 Å². The summed E-state index contributed by atoms with van der Waals surface area (Å²) in [6.07, 6.45) is 8.14. The molecule has 0 radical (unpaired) electrons. The molecule has 0 spiro atoms. The third-order valence-corrected chi connectivity index (χ3v) is 2.73. The molecule has 19 heavy (non-hydrogen) atoms. The van der Waals surface area contributed by atoms with Gasteiger partial charge in [-0.05, 0) is 33.6 Å². The molecule has 0 aromatic carbocycles. The molecule has 0 bridgehead atoms. The topological polar surface area (TPSA) is 59.0 Å². The van der Waals surface area contributed by atoms with E-state index in [2.05, 4.69) is 41.0 Å². The summed E-state index contributed by atoms with van der Waals surface area (Å²) in [7, 11) is 0. The molecule has 2 N–H and O–H groups in total. The molecule has 0 aliphatic rings. The van der Waals surface area contributed by atoms with Crippen LogP contribution in [0.5, 0.6) is 0 Å². The number of unbranched alkanes of at least 4 members (excludes halogenated alkanes) is 1.